The van der Waals surface area contributed by atoms with Gasteiger partial charge < -0.3 is 10.6 Å². The second-order valence-corrected chi connectivity index (χ2v) is 5.38. The van der Waals surface area contributed by atoms with Crippen molar-refractivity contribution in [1.82, 2.24) is 10.6 Å². The lowest BCUT2D eigenvalue weighted by Crippen LogP contribution is -2.43. The Kier molecular flexibility index (Phi) is 8.94. The summed E-state index contributed by atoms with van der Waals surface area (Å²) in [5, 5.41) is 6.08. The minimum Gasteiger partial charge on any atom is -0.354 e. The molecule has 0 aliphatic carbocycles. The van der Waals surface area contributed by atoms with Crippen LogP contribution in [0.15, 0.2) is 0 Å². The minimum atomic E-state index is -0.262. The number of rotatable bonds is 6. The Bertz CT molecular complexity index is 205. The van der Waals surface area contributed by atoms with Crippen molar-refractivity contribution in [3.8, 4) is 0 Å². The summed E-state index contributed by atoms with van der Waals surface area (Å²) < 4.78 is 0. The number of amides is 1. The molecule has 0 rings (SSSR count). The summed E-state index contributed by atoms with van der Waals surface area (Å²) in [5.41, 5.74) is -0.262. The Labute approximate surface area is 106 Å². The fraction of sp³-hybridized carbons (Fsp3) is 0.917. The molecule has 0 aromatic carbocycles. The van der Waals surface area contributed by atoms with Gasteiger partial charge in [0.25, 0.3) is 0 Å². The first-order valence-electron chi connectivity index (χ1n) is 5.75. The molecule has 0 saturated carbocycles. The van der Waals surface area contributed by atoms with Crippen LogP contribution in [-0.2, 0) is 4.79 Å². The van der Waals surface area contributed by atoms with Crippen LogP contribution in [0.5, 0.6) is 0 Å². The number of halogens is 1. The maximum absolute atomic E-state index is 11.9. The monoisotopic (exact) mass is 250 g/mol. The van der Waals surface area contributed by atoms with Crippen LogP contribution in [0.4, 0.5) is 0 Å². The standard InChI is InChI=1S/C12H26N2O.ClH/c1-9(2)7-12(4,5)11(15)14-8-10(3)13-6;/h9-10,13H,7-8H2,1-6H3,(H,14,15);1H. The van der Waals surface area contributed by atoms with Crippen LogP contribution in [0.1, 0.15) is 41.0 Å². The molecule has 0 fully saturated rings. The quantitative estimate of drug-likeness (QED) is 0.759. The first-order chi connectivity index (χ1) is 6.79. The first-order valence-corrected chi connectivity index (χ1v) is 5.75. The van der Waals surface area contributed by atoms with Gasteiger partial charge in [-0.05, 0) is 26.3 Å². The van der Waals surface area contributed by atoms with Crippen LogP contribution in [0.25, 0.3) is 0 Å². The summed E-state index contributed by atoms with van der Waals surface area (Å²) in [6, 6.07) is 0.323. The lowest BCUT2D eigenvalue weighted by molar-refractivity contribution is -0.130. The molecule has 0 heterocycles. The van der Waals surface area contributed by atoms with Gasteiger partial charge in [-0.25, -0.2) is 0 Å². The summed E-state index contributed by atoms with van der Waals surface area (Å²) >= 11 is 0. The average molecular weight is 251 g/mol. The summed E-state index contributed by atoms with van der Waals surface area (Å²) in [4.78, 5) is 11.9. The number of hydrogen-bond acceptors (Lipinski definition) is 2. The van der Waals surface area contributed by atoms with Gasteiger partial charge in [0.05, 0.1) is 0 Å². The minimum absolute atomic E-state index is 0. The van der Waals surface area contributed by atoms with E-state index in [4.69, 9.17) is 0 Å². The third-order valence-corrected chi connectivity index (χ3v) is 2.59. The van der Waals surface area contributed by atoms with E-state index in [9.17, 15) is 4.79 Å². The van der Waals surface area contributed by atoms with Crippen LogP contribution in [0, 0.1) is 11.3 Å². The molecule has 1 unspecified atom stereocenters. The molecule has 3 nitrogen and oxygen atoms in total. The van der Waals surface area contributed by atoms with Crippen LogP contribution in [-0.4, -0.2) is 25.5 Å². The van der Waals surface area contributed by atoms with Gasteiger partial charge in [0.2, 0.25) is 5.91 Å². The van der Waals surface area contributed by atoms with Crippen molar-refractivity contribution in [2.24, 2.45) is 11.3 Å². The van der Waals surface area contributed by atoms with Gasteiger partial charge in [-0.1, -0.05) is 27.7 Å². The molecule has 4 heteroatoms. The van der Waals surface area contributed by atoms with E-state index < -0.39 is 0 Å². The molecule has 16 heavy (non-hydrogen) atoms. The Balaban J connectivity index is 0. The van der Waals surface area contributed by atoms with E-state index in [0.717, 1.165) is 6.42 Å². The van der Waals surface area contributed by atoms with E-state index in [1.165, 1.54) is 0 Å². The second-order valence-electron chi connectivity index (χ2n) is 5.38. The van der Waals surface area contributed by atoms with Gasteiger partial charge >= 0.3 is 0 Å². The Hall–Kier alpha value is -0.280. The number of hydrogen-bond donors (Lipinski definition) is 2. The van der Waals surface area contributed by atoms with Gasteiger partial charge in [0.1, 0.15) is 0 Å². The highest BCUT2D eigenvalue weighted by atomic mass is 35.5. The average Bonchev–Trinajstić information content (AvgIpc) is 2.11. The molecule has 0 aliphatic rings. The van der Waals surface area contributed by atoms with E-state index in [-0.39, 0.29) is 23.7 Å². The first kappa shape index (κ1) is 18.1. The molecule has 98 valence electrons. The van der Waals surface area contributed by atoms with Crippen molar-refractivity contribution in [2.75, 3.05) is 13.6 Å². The van der Waals surface area contributed by atoms with E-state index in [0.29, 0.717) is 18.5 Å². The number of nitrogens with one attached hydrogen (secondary N) is 2. The predicted octanol–water partition coefficient (Wildman–Crippen LogP) is 2.20. The summed E-state index contributed by atoms with van der Waals surface area (Å²) in [6.45, 7) is 11.0. The normalized spacial score (nSPS) is 13.2. The summed E-state index contributed by atoms with van der Waals surface area (Å²) in [6.07, 6.45) is 0.923. The van der Waals surface area contributed by atoms with Gasteiger partial charge in [-0.15, -0.1) is 12.4 Å². The highest BCUT2D eigenvalue weighted by Crippen LogP contribution is 2.25. The largest absolute Gasteiger partial charge is 0.354 e. The van der Waals surface area contributed by atoms with Gasteiger partial charge in [0, 0.05) is 18.0 Å². The molecule has 0 aliphatic heterocycles. The zero-order valence-electron chi connectivity index (χ0n) is 11.4. The molecular weight excluding hydrogens is 224 g/mol. The Morgan fingerprint density at radius 2 is 1.75 bits per heavy atom. The van der Waals surface area contributed by atoms with E-state index in [2.05, 4.69) is 31.4 Å². The smallest absolute Gasteiger partial charge is 0.225 e. The van der Waals surface area contributed by atoms with E-state index in [1.54, 1.807) is 0 Å². The summed E-state index contributed by atoms with van der Waals surface area (Å²) in [7, 11) is 1.90. The SMILES string of the molecule is CNC(C)CNC(=O)C(C)(C)CC(C)C.Cl. The molecule has 1 amide bonds. The maximum Gasteiger partial charge on any atom is 0.225 e. The van der Waals surface area contributed by atoms with Crippen molar-refractivity contribution in [3.05, 3.63) is 0 Å². The highest BCUT2D eigenvalue weighted by Gasteiger charge is 2.28. The third-order valence-electron chi connectivity index (χ3n) is 2.59. The maximum atomic E-state index is 11.9. The van der Waals surface area contributed by atoms with Gasteiger partial charge in [0.15, 0.2) is 0 Å². The van der Waals surface area contributed by atoms with Crippen molar-refractivity contribution >= 4 is 18.3 Å². The van der Waals surface area contributed by atoms with Gasteiger partial charge in [-0.2, -0.15) is 0 Å². The van der Waals surface area contributed by atoms with Crippen molar-refractivity contribution < 1.29 is 4.79 Å². The lowest BCUT2D eigenvalue weighted by atomic mass is 9.83. The molecule has 0 bridgehead atoms. The number of carbonyl (C=O) groups is 1. The zero-order chi connectivity index (χ0) is 12.1. The van der Waals surface area contributed by atoms with Crippen LogP contribution < -0.4 is 10.6 Å². The molecule has 1 atom stereocenters. The summed E-state index contributed by atoms with van der Waals surface area (Å²) in [5.74, 6) is 0.700. The molecule has 0 saturated heterocycles. The van der Waals surface area contributed by atoms with Crippen molar-refractivity contribution in [2.45, 2.75) is 47.1 Å². The lowest BCUT2D eigenvalue weighted by Gasteiger charge is -2.26. The van der Waals surface area contributed by atoms with Crippen LogP contribution in [0.2, 0.25) is 0 Å². The molecule has 0 radical (unpaired) electrons. The molecule has 2 N–H and O–H groups in total. The third kappa shape index (κ3) is 7.07. The fourth-order valence-electron chi connectivity index (χ4n) is 1.70. The molecule has 0 aromatic rings. The fourth-order valence-corrected chi connectivity index (χ4v) is 1.70. The molecule has 0 spiro atoms. The predicted molar refractivity (Wildman–Crippen MR) is 72.0 cm³/mol. The highest BCUT2D eigenvalue weighted by molar-refractivity contribution is 5.85. The Morgan fingerprint density at radius 3 is 2.12 bits per heavy atom. The van der Waals surface area contributed by atoms with Crippen molar-refractivity contribution in [3.63, 3.8) is 0 Å². The topological polar surface area (TPSA) is 41.1 Å². The van der Waals surface area contributed by atoms with Crippen LogP contribution in [0.3, 0.4) is 0 Å². The second kappa shape index (κ2) is 7.91. The van der Waals surface area contributed by atoms with E-state index in [1.807, 2.05) is 20.9 Å². The number of likely N-dealkylation sites (N-methyl/N-ethyl adjacent to an activating group) is 1. The van der Waals surface area contributed by atoms with Crippen molar-refractivity contribution in [1.29, 1.82) is 0 Å². The number of carbonyl (C=O) groups excluding carboxylic acids is 1. The molecular formula is C12H27ClN2O. The van der Waals surface area contributed by atoms with E-state index >= 15 is 0 Å². The van der Waals surface area contributed by atoms with Crippen LogP contribution >= 0.6 is 12.4 Å². The van der Waals surface area contributed by atoms with Gasteiger partial charge in [-0.3, -0.25) is 4.79 Å². The zero-order valence-corrected chi connectivity index (χ0v) is 12.2. The molecule has 0 aromatic heterocycles. The Morgan fingerprint density at radius 1 is 1.25 bits per heavy atom.